The van der Waals surface area contributed by atoms with Gasteiger partial charge in [-0.15, -0.1) is 0 Å². The van der Waals surface area contributed by atoms with Gasteiger partial charge >= 0.3 is 0 Å². The van der Waals surface area contributed by atoms with Crippen LogP contribution in [0.3, 0.4) is 0 Å². The molecule has 2 nitrogen and oxygen atoms in total. The predicted molar refractivity (Wildman–Crippen MR) is 65.7 cm³/mol. The molecule has 0 amide bonds. The van der Waals surface area contributed by atoms with E-state index in [9.17, 15) is 0 Å². The lowest BCUT2D eigenvalue weighted by Crippen LogP contribution is -1.87. The highest BCUT2D eigenvalue weighted by molar-refractivity contribution is 6.21. The summed E-state index contributed by atoms with van der Waals surface area (Å²) >= 11 is 0. The van der Waals surface area contributed by atoms with E-state index in [-0.39, 0.29) is 0 Å². The molecule has 0 spiro atoms. The third kappa shape index (κ3) is 0.865. The number of hydrogen-bond acceptors (Lipinski definition) is 2. The van der Waals surface area contributed by atoms with Crippen molar-refractivity contribution in [3.63, 3.8) is 0 Å². The first kappa shape index (κ1) is 7.99. The highest BCUT2D eigenvalue weighted by Gasteiger charge is 2.07. The van der Waals surface area contributed by atoms with E-state index in [1.165, 1.54) is 21.5 Å². The van der Waals surface area contributed by atoms with Gasteiger partial charge in [-0.25, -0.2) is 0 Å². The molecule has 4 aromatic rings. The van der Waals surface area contributed by atoms with Crippen molar-refractivity contribution in [3.8, 4) is 0 Å². The Kier molecular flexibility index (Phi) is 1.33. The van der Waals surface area contributed by atoms with Gasteiger partial charge in [0.25, 0.3) is 0 Å². The first-order valence-corrected chi connectivity index (χ1v) is 5.27. The zero-order valence-corrected chi connectivity index (χ0v) is 8.51. The smallest absolute Gasteiger partial charge is 0.0897 e. The van der Waals surface area contributed by atoms with Gasteiger partial charge in [0.2, 0.25) is 0 Å². The standard InChI is InChI=1S/C14H8N2/c1-2-9-4-5-11-6-15-8-12-14(11)13(9)10(3-1)7-16-12/h1-8H. The molecule has 0 aliphatic heterocycles. The van der Waals surface area contributed by atoms with Gasteiger partial charge in [-0.1, -0.05) is 30.3 Å². The lowest BCUT2D eigenvalue weighted by molar-refractivity contribution is 1.34. The molecule has 0 N–H and O–H groups in total. The van der Waals surface area contributed by atoms with Crippen LogP contribution in [0, 0.1) is 0 Å². The molecule has 2 aromatic carbocycles. The normalized spacial score (nSPS) is 11.8. The maximum atomic E-state index is 4.45. The van der Waals surface area contributed by atoms with Gasteiger partial charge in [0.05, 0.1) is 11.7 Å². The SMILES string of the molecule is c1cc2ccc3cncc4ncc(c1)c2c34. The molecule has 0 radical (unpaired) electrons. The lowest BCUT2D eigenvalue weighted by Gasteiger charge is -2.08. The summed E-state index contributed by atoms with van der Waals surface area (Å²) in [7, 11) is 0. The second kappa shape index (κ2) is 2.67. The molecule has 0 aliphatic carbocycles. The Morgan fingerprint density at radius 2 is 1.50 bits per heavy atom. The zero-order chi connectivity index (χ0) is 10.5. The van der Waals surface area contributed by atoms with Gasteiger partial charge in [-0.05, 0) is 5.39 Å². The molecule has 2 aromatic heterocycles. The fraction of sp³-hybridized carbons (Fsp3) is 0. The average molecular weight is 204 g/mol. The van der Waals surface area contributed by atoms with E-state index in [1.54, 1.807) is 0 Å². The third-order valence-electron chi connectivity index (χ3n) is 3.12. The third-order valence-corrected chi connectivity index (χ3v) is 3.12. The maximum Gasteiger partial charge on any atom is 0.0897 e. The van der Waals surface area contributed by atoms with Gasteiger partial charge in [0.1, 0.15) is 0 Å². The van der Waals surface area contributed by atoms with Crippen molar-refractivity contribution in [2.75, 3.05) is 0 Å². The number of pyridine rings is 2. The second-order valence-electron chi connectivity index (χ2n) is 4.03. The fourth-order valence-electron chi connectivity index (χ4n) is 2.40. The van der Waals surface area contributed by atoms with Crippen LogP contribution in [0.1, 0.15) is 0 Å². The first-order valence-electron chi connectivity index (χ1n) is 5.27. The van der Waals surface area contributed by atoms with Crippen molar-refractivity contribution >= 4 is 32.4 Å². The highest BCUT2D eigenvalue weighted by Crippen LogP contribution is 2.31. The monoisotopic (exact) mass is 204 g/mol. The van der Waals surface area contributed by atoms with E-state index in [1.807, 2.05) is 18.6 Å². The molecular formula is C14H8N2. The molecule has 0 saturated heterocycles. The topological polar surface area (TPSA) is 25.8 Å². The molecule has 2 heteroatoms. The Hall–Kier alpha value is -2.22. The van der Waals surface area contributed by atoms with Gasteiger partial charge in [0, 0.05) is 33.9 Å². The average Bonchev–Trinajstić information content (AvgIpc) is 2.36. The van der Waals surface area contributed by atoms with Gasteiger partial charge in [-0.2, -0.15) is 0 Å². The minimum atomic E-state index is 0.974. The summed E-state index contributed by atoms with van der Waals surface area (Å²) in [5, 5.41) is 6.15. The number of rotatable bonds is 0. The molecule has 74 valence electrons. The van der Waals surface area contributed by atoms with Crippen LogP contribution in [0.4, 0.5) is 0 Å². The number of nitrogens with zero attached hydrogens (tertiary/aromatic N) is 2. The Labute approximate surface area is 91.9 Å². The molecule has 0 saturated carbocycles. The van der Waals surface area contributed by atoms with E-state index < -0.39 is 0 Å². The van der Waals surface area contributed by atoms with Crippen molar-refractivity contribution in [1.82, 2.24) is 9.97 Å². The molecule has 0 aliphatic rings. The lowest BCUT2D eigenvalue weighted by atomic mass is 9.99. The fourth-order valence-corrected chi connectivity index (χ4v) is 2.40. The van der Waals surface area contributed by atoms with Crippen LogP contribution in [0.5, 0.6) is 0 Å². The van der Waals surface area contributed by atoms with E-state index in [4.69, 9.17) is 0 Å². The van der Waals surface area contributed by atoms with Crippen molar-refractivity contribution in [2.24, 2.45) is 0 Å². The van der Waals surface area contributed by atoms with Crippen LogP contribution in [-0.2, 0) is 0 Å². The summed E-state index contributed by atoms with van der Waals surface area (Å²) in [6.07, 6.45) is 5.65. The molecule has 0 bridgehead atoms. The first-order chi connectivity index (χ1) is 7.93. The summed E-state index contributed by atoms with van der Waals surface area (Å²) in [5.74, 6) is 0. The molecule has 2 heterocycles. The van der Waals surface area contributed by atoms with Gasteiger partial charge < -0.3 is 0 Å². The summed E-state index contributed by atoms with van der Waals surface area (Å²) in [6, 6.07) is 10.6. The van der Waals surface area contributed by atoms with Gasteiger partial charge in [0.15, 0.2) is 0 Å². The van der Waals surface area contributed by atoms with Crippen LogP contribution in [-0.4, -0.2) is 9.97 Å². The molecule has 4 rings (SSSR count). The Balaban J connectivity index is 2.51. The minimum absolute atomic E-state index is 0.974. The number of hydrogen-bond donors (Lipinski definition) is 0. The van der Waals surface area contributed by atoms with Crippen LogP contribution >= 0.6 is 0 Å². The van der Waals surface area contributed by atoms with Crippen molar-refractivity contribution in [2.45, 2.75) is 0 Å². The predicted octanol–water partition coefficient (Wildman–Crippen LogP) is 3.37. The van der Waals surface area contributed by atoms with Gasteiger partial charge in [-0.3, -0.25) is 9.97 Å². The minimum Gasteiger partial charge on any atom is -0.262 e. The van der Waals surface area contributed by atoms with Crippen LogP contribution in [0.2, 0.25) is 0 Å². The number of aromatic nitrogens is 2. The molecular weight excluding hydrogens is 196 g/mol. The van der Waals surface area contributed by atoms with Crippen molar-refractivity contribution in [1.29, 1.82) is 0 Å². The van der Waals surface area contributed by atoms with E-state index in [0.717, 1.165) is 10.9 Å². The Bertz CT molecular complexity index is 675. The summed E-state index contributed by atoms with van der Waals surface area (Å²) in [5.41, 5.74) is 0.974. The van der Waals surface area contributed by atoms with E-state index in [2.05, 4.69) is 40.3 Å². The van der Waals surface area contributed by atoms with Crippen molar-refractivity contribution in [3.05, 3.63) is 48.9 Å². The Morgan fingerprint density at radius 3 is 2.50 bits per heavy atom. The highest BCUT2D eigenvalue weighted by atomic mass is 14.7. The molecule has 0 unspecified atom stereocenters. The van der Waals surface area contributed by atoms with Crippen molar-refractivity contribution < 1.29 is 0 Å². The maximum absolute atomic E-state index is 4.45. The molecule has 0 atom stereocenters. The summed E-state index contributed by atoms with van der Waals surface area (Å²) in [4.78, 5) is 8.65. The van der Waals surface area contributed by atoms with Crippen LogP contribution in [0.25, 0.3) is 32.4 Å². The quantitative estimate of drug-likeness (QED) is 0.410. The second-order valence-corrected chi connectivity index (χ2v) is 4.03. The molecule has 16 heavy (non-hydrogen) atoms. The summed E-state index contributed by atoms with van der Waals surface area (Å²) in [6.45, 7) is 0. The van der Waals surface area contributed by atoms with Crippen LogP contribution in [0.15, 0.2) is 48.9 Å². The van der Waals surface area contributed by atoms with E-state index in [0.29, 0.717) is 0 Å². The number of benzene rings is 2. The zero-order valence-electron chi connectivity index (χ0n) is 8.51. The van der Waals surface area contributed by atoms with Crippen LogP contribution < -0.4 is 0 Å². The Morgan fingerprint density at radius 1 is 0.688 bits per heavy atom. The van der Waals surface area contributed by atoms with E-state index >= 15 is 0 Å². The largest absolute Gasteiger partial charge is 0.262 e. The molecule has 0 fully saturated rings. The summed E-state index contributed by atoms with van der Waals surface area (Å²) < 4.78 is 0.